The van der Waals surface area contributed by atoms with Crippen LogP contribution >= 0.6 is 0 Å². The van der Waals surface area contributed by atoms with Crippen molar-refractivity contribution in [2.75, 3.05) is 0 Å². The second kappa shape index (κ2) is 12.4. The Balaban J connectivity index is 0.000000149. The molecule has 0 aromatic heterocycles. The van der Waals surface area contributed by atoms with Crippen LogP contribution < -0.4 is 0 Å². The highest BCUT2D eigenvalue weighted by Gasteiger charge is 2.12. The predicted molar refractivity (Wildman–Crippen MR) is 101 cm³/mol. The van der Waals surface area contributed by atoms with Crippen molar-refractivity contribution >= 4 is 0 Å². The molecular formula is C22H44. The van der Waals surface area contributed by atoms with Gasteiger partial charge in [-0.1, -0.05) is 118 Å². The molecule has 132 valence electrons. The highest BCUT2D eigenvalue weighted by Crippen LogP contribution is 2.26. The smallest absolute Gasteiger partial charge is 0.0443 e. The zero-order valence-corrected chi connectivity index (χ0v) is 16.2. The summed E-state index contributed by atoms with van der Waals surface area (Å²) in [6.45, 7) is 9.29. The number of hydrogen-bond donors (Lipinski definition) is 0. The summed E-state index contributed by atoms with van der Waals surface area (Å²) in [6, 6.07) is 0. The van der Waals surface area contributed by atoms with Crippen LogP contribution in [0.1, 0.15) is 118 Å². The van der Waals surface area contributed by atoms with Crippen molar-refractivity contribution < 1.29 is 0 Å². The van der Waals surface area contributed by atoms with Crippen molar-refractivity contribution in [3.8, 4) is 0 Å². The Morgan fingerprint density at radius 2 is 0.591 bits per heavy atom. The van der Waals surface area contributed by atoms with Gasteiger partial charge in [0.25, 0.3) is 0 Å². The largest absolute Gasteiger partial charge is 0.0625 e. The van der Waals surface area contributed by atoms with Crippen LogP contribution in [0.3, 0.4) is 0 Å². The van der Waals surface area contributed by atoms with Crippen LogP contribution in [0.5, 0.6) is 0 Å². The average molecular weight is 309 g/mol. The zero-order chi connectivity index (χ0) is 16.2. The number of rotatable bonds is 0. The van der Waals surface area contributed by atoms with E-state index >= 15 is 0 Å². The molecule has 4 aliphatic rings. The lowest BCUT2D eigenvalue weighted by Gasteiger charge is -2.18. The minimum absolute atomic E-state index is 1.04. The Morgan fingerprint density at radius 3 is 0.682 bits per heavy atom. The Morgan fingerprint density at radius 1 is 0.318 bits per heavy atom. The molecule has 0 saturated heterocycles. The van der Waals surface area contributed by atoms with E-state index in [-0.39, 0.29) is 0 Å². The molecule has 4 aliphatic carbocycles. The van der Waals surface area contributed by atoms with E-state index in [1.54, 1.807) is 0 Å². The highest BCUT2D eigenvalue weighted by atomic mass is 14.2. The van der Waals surface area contributed by atoms with Gasteiger partial charge in [-0.25, -0.2) is 0 Å². The van der Waals surface area contributed by atoms with Gasteiger partial charge in [0.1, 0.15) is 0 Å². The van der Waals surface area contributed by atoms with Gasteiger partial charge in [-0.2, -0.15) is 0 Å². The normalized spacial score (nSPS) is 25.6. The van der Waals surface area contributed by atoms with Crippen LogP contribution in [-0.2, 0) is 0 Å². The van der Waals surface area contributed by atoms with Gasteiger partial charge in [-0.05, 0) is 23.7 Å². The maximum absolute atomic E-state index is 2.36. The SMILES string of the molecule is CC1CC1.CC1CCC1.CC1CCCC1.CC1CCCCC1. The Hall–Kier alpha value is 0. The molecule has 0 nitrogen and oxygen atoms in total. The standard InChI is InChI=1S/C7H14.C6H12.C5H10.C4H8/c1-7-5-3-2-4-6-7;1-6-4-2-3-5-6;1-5-3-2-4-5;1-4-2-3-4/h7H,2-6H2,1H3;6H,2-5H2,1H3;5H,2-4H2,1H3;4H,2-3H2,1H3. The molecule has 0 unspecified atom stereocenters. The van der Waals surface area contributed by atoms with E-state index in [9.17, 15) is 0 Å². The molecule has 0 amide bonds. The van der Waals surface area contributed by atoms with Crippen molar-refractivity contribution in [1.29, 1.82) is 0 Å². The minimum Gasteiger partial charge on any atom is -0.0625 e. The fourth-order valence-electron chi connectivity index (χ4n) is 3.22. The van der Waals surface area contributed by atoms with E-state index in [1.807, 2.05) is 0 Å². The van der Waals surface area contributed by atoms with Crippen molar-refractivity contribution in [3.63, 3.8) is 0 Å². The Bertz CT molecular complexity index is 224. The van der Waals surface area contributed by atoms with Gasteiger partial charge in [0.15, 0.2) is 0 Å². The fraction of sp³-hybridized carbons (Fsp3) is 1.00. The van der Waals surface area contributed by atoms with Crippen LogP contribution in [0.4, 0.5) is 0 Å². The van der Waals surface area contributed by atoms with Crippen molar-refractivity contribution in [1.82, 2.24) is 0 Å². The van der Waals surface area contributed by atoms with Crippen LogP contribution in [0.2, 0.25) is 0 Å². The molecule has 0 heterocycles. The highest BCUT2D eigenvalue weighted by molar-refractivity contribution is 4.65. The van der Waals surface area contributed by atoms with Crippen LogP contribution in [-0.4, -0.2) is 0 Å². The van der Waals surface area contributed by atoms with Crippen molar-refractivity contribution in [3.05, 3.63) is 0 Å². The zero-order valence-electron chi connectivity index (χ0n) is 16.2. The fourth-order valence-corrected chi connectivity index (χ4v) is 3.22. The van der Waals surface area contributed by atoms with Gasteiger partial charge in [-0.15, -0.1) is 0 Å². The van der Waals surface area contributed by atoms with Gasteiger partial charge >= 0.3 is 0 Å². The summed E-state index contributed by atoms with van der Waals surface area (Å²) < 4.78 is 0. The van der Waals surface area contributed by atoms with E-state index in [1.165, 1.54) is 89.9 Å². The third-order valence-electron chi connectivity index (χ3n) is 5.80. The molecule has 0 bridgehead atoms. The molecular weight excluding hydrogens is 264 g/mol. The maximum Gasteiger partial charge on any atom is -0.0443 e. The summed E-state index contributed by atoms with van der Waals surface area (Å²) in [7, 11) is 0. The first-order valence-corrected chi connectivity index (χ1v) is 10.6. The van der Waals surface area contributed by atoms with Gasteiger partial charge < -0.3 is 0 Å². The monoisotopic (exact) mass is 308 g/mol. The lowest BCUT2D eigenvalue weighted by Crippen LogP contribution is -2.04. The lowest BCUT2D eigenvalue weighted by atomic mass is 9.88. The summed E-state index contributed by atoms with van der Waals surface area (Å²) in [5, 5.41) is 0. The van der Waals surface area contributed by atoms with Crippen molar-refractivity contribution in [2.45, 2.75) is 118 Å². The molecule has 4 rings (SSSR count). The van der Waals surface area contributed by atoms with E-state index in [0.29, 0.717) is 0 Å². The maximum atomic E-state index is 2.36. The quantitative estimate of drug-likeness (QED) is 0.425. The van der Waals surface area contributed by atoms with E-state index in [0.717, 1.165) is 23.7 Å². The molecule has 4 saturated carbocycles. The second-order valence-corrected chi connectivity index (χ2v) is 8.85. The summed E-state index contributed by atoms with van der Waals surface area (Å²) >= 11 is 0. The third kappa shape index (κ3) is 12.5. The molecule has 4 fully saturated rings. The minimum atomic E-state index is 1.04. The van der Waals surface area contributed by atoms with Gasteiger partial charge in [0.2, 0.25) is 0 Å². The van der Waals surface area contributed by atoms with Gasteiger partial charge in [-0.3, -0.25) is 0 Å². The van der Waals surface area contributed by atoms with Crippen LogP contribution in [0.25, 0.3) is 0 Å². The molecule has 22 heavy (non-hydrogen) atoms. The lowest BCUT2D eigenvalue weighted by molar-refractivity contribution is 0.346. The van der Waals surface area contributed by atoms with Crippen molar-refractivity contribution in [2.24, 2.45) is 23.7 Å². The van der Waals surface area contributed by atoms with E-state index < -0.39 is 0 Å². The predicted octanol–water partition coefficient (Wildman–Crippen LogP) is 8.01. The summed E-state index contributed by atoms with van der Waals surface area (Å²) in [4.78, 5) is 0. The first kappa shape index (κ1) is 20.0. The molecule has 0 aromatic rings. The molecule has 0 N–H and O–H groups in total. The topological polar surface area (TPSA) is 0 Å². The summed E-state index contributed by atoms with van der Waals surface area (Å²) in [6.07, 6.45) is 20.8. The Kier molecular flexibility index (Phi) is 11.3. The van der Waals surface area contributed by atoms with E-state index in [2.05, 4.69) is 27.7 Å². The van der Waals surface area contributed by atoms with Gasteiger partial charge in [0, 0.05) is 0 Å². The average Bonchev–Trinajstić information content (AvgIpc) is 3.11. The third-order valence-corrected chi connectivity index (χ3v) is 5.80. The molecule has 0 aromatic carbocycles. The van der Waals surface area contributed by atoms with Crippen LogP contribution in [0.15, 0.2) is 0 Å². The molecule has 0 spiro atoms. The van der Waals surface area contributed by atoms with Crippen LogP contribution in [0, 0.1) is 23.7 Å². The summed E-state index contributed by atoms with van der Waals surface area (Å²) in [5.41, 5.74) is 0. The Labute approximate surface area is 141 Å². The second-order valence-electron chi connectivity index (χ2n) is 8.85. The van der Waals surface area contributed by atoms with E-state index in [4.69, 9.17) is 0 Å². The molecule has 0 heteroatoms. The summed E-state index contributed by atoms with van der Waals surface area (Å²) in [5.74, 6) is 4.23. The molecule has 0 aliphatic heterocycles. The molecule has 0 radical (unpaired) electrons. The van der Waals surface area contributed by atoms with Gasteiger partial charge in [0.05, 0.1) is 0 Å². The first-order chi connectivity index (χ1) is 10.6. The molecule has 0 atom stereocenters. The number of hydrogen-bond acceptors (Lipinski definition) is 0. The first-order valence-electron chi connectivity index (χ1n) is 10.6.